The molecule has 88 valence electrons. The topological polar surface area (TPSA) is 51.6 Å². The van der Waals surface area contributed by atoms with Crippen LogP contribution in [0.15, 0.2) is 27.2 Å². The SMILES string of the molecule is Cc1nc(Sc2ncncc2Br)nc(C)c1C. The number of halogens is 1. The van der Waals surface area contributed by atoms with Crippen molar-refractivity contribution >= 4 is 27.7 Å². The average Bonchev–Trinajstić information content (AvgIpc) is 2.29. The monoisotopic (exact) mass is 310 g/mol. The first-order valence-corrected chi connectivity index (χ1v) is 6.64. The summed E-state index contributed by atoms with van der Waals surface area (Å²) < 4.78 is 0.851. The molecule has 0 N–H and O–H groups in total. The van der Waals surface area contributed by atoms with Gasteiger partial charge in [-0.05, 0) is 54.0 Å². The number of hydrogen-bond acceptors (Lipinski definition) is 5. The van der Waals surface area contributed by atoms with Crippen molar-refractivity contribution < 1.29 is 0 Å². The first-order chi connectivity index (χ1) is 8.08. The molecule has 0 aliphatic carbocycles. The first kappa shape index (κ1) is 12.4. The van der Waals surface area contributed by atoms with Crippen LogP contribution in [0.5, 0.6) is 0 Å². The van der Waals surface area contributed by atoms with Crippen LogP contribution in [-0.4, -0.2) is 19.9 Å². The van der Waals surface area contributed by atoms with E-state index in [1.165, 1.54) is 18.1 Å². The summed E-state index contributed by atoms with van der Waals surface area (Å²) in [5.41, 5.74) is 3.14. The van der Waals surface area contributed by atoms with Crippen LogP contribution >= 0.6 is 27.7 Å². The Kier molecular flexibility index (Phi) is 3.73. The highest BCUT2D eigenvalue weighted by Crippen LogP contribution is 2.29. The minimum Gasteiger partial charge on any atom is -0.244 e. The van der Waals surface area contributed by atoms with Crippen molar-refractivity contribution in [3.8, 4) is 0 Å². The van der Waals surface area contributed by atoms with E-state index in [2.05, 4.69) is 35.9 Å². The van der Waals surface area contributed by atoms with Gasteiger partial charge in [0, 0.05) is 17.6 Å². The van der Waals surface area contributed by atoms with Crippen LogP contribution in [0.2, 0.25) is 0 Å². The fourth-order valence-electron chi connectivity index (χ4n) is 1.25. The Morgan fingerprint density at radius 2 is 1.76 bits per heavy atom. The molecule has 2 heterocycles. The average molecular weight is 311 g/mol. The van der Waals surface area contributed by atoms with Crippen molar-refractivity contribution in [1.29, 1.82) is 0 Å². The number of hydrogen-bond donors (Lipinski definition) is 0. The van der Waals surface area contributed by atoms with Gasteiger partial charge in [0.1, 0.15) is 11.4 Å². The summed E-state index contributed by atoms with van der Waals surface area (Å²) in [7, 11) is 0. The lowest BCUT2D eigenvalue weighted by Gasteiger charge is -2.06. The maximum atomic E-state index is 4.44. The lowest BCUT2D eigenvalue weighted by molar-refractivity contribution is 0.876. The Labute approximate surface area is 112 Å². The van der Waals surface area contributed by atoms with Gasteiger partial charge < -0.3 is 0 Å². The molecule has 0 aliphatic rings. The Morgan fingerprint density at radius 1 is 1.12 bits per heavy atom. The zero-order valence-corrected chi connectivity index (χ0v) is 12.1. The van der Waals surface area contributed by atoms with Crippen molar-refractivity contribution in [2.24, 2.45) is 0 Å². The highest BCUT2D eigenvalue weighted by molar-refractivity contribution is 9.10. The molecular formula is C11H11BrN4S. The van der Waals surface area contributed by atoms with E-state index in [0.29, 0.717) is 5.16 Å². The van der Waals surface area contributed by atoms with Gasteiger partial charge in [0.05, 0.1) is 4.47 Å². The molecule has 0 aliphatic heterocycles. The molecule has 0 saturated heterocycles. The van der Waals surface area contributed by atoms with Crippen molar-refractivity contribution in [2.75, 3.05) is 0 Å². The molecule has 0 atom stereocenters. The highest BCUT2D eigenvalue weighted by atomic mass is 79.9. The van der Waals surface area contributed by atoms with Gasteiger partial charge in [-0.15, -0.1) is 0 Å². The molecule has 0 radical (unpaired) electrons. The van der Waals surface area contributed by atoms with Crippen LogP contribution in [0, 0.1) is 20.8 Å². The third kappa shape index (κ3) is 2.81. The van der Waals surface area contributed by atoms with Crippen LogP contribution in [0.25, 0.3) is 0 Å². The normalized spacial score (nSPS) is 10.6. The highest BCUT2D eigenvalue weighted by Gasteiger charge is 2.09. The zero-order valence-electron chi connectivity index (χ0n) is 9.73. The van der Waals surface area contributed by atoms with E-state index >= 15 is 0 Å². The Hall–Kier alpha value is -1.01. The van der Waals surface area contributed by atoms with Gasteiger partial charge in [0.15, 0.2) is 5.16 Å². The zero-order chi connectivity index (χ0) is 12.4. The molecule has 0 saturated carbocycles. The lowest BCUT2D eigenvalue weighted by atomic mass is 10.2. The summed E-state index contributed by atoms with van der Waals surface area (Å²) in [6.45, 7) is 6.01. The number of rotatable bonds is 2. The van der Waals surface area contributed by atoms with E-state index in [1.807, 2.05) is 20.8 Å². The quantitative estimate of drug-likeness (QED) is 0.630. The van der Waals surface area contributed by atoms with Crippen LogP contribution in [0.4, 0.5) is 0 Å². The van der Waals surface area contributed by atoms with Crippen molar-refractivity contribution in [2.45, 2.75) is 31.0 Å². The second kappa shape index (κ2) is 5.10. The fraction of sp³-hybridized carbons (Fsp3) is 0.273. The molecular weight excluding hydrogens is 300 g/mol. The van der Waals surface area contributed by atoms with Crippen molar-refractivity contribution in [1.82, 2.24) is 19.9 Å². The predicted octanol–water partition coefficient (Wildman–Crippen LogP) is 3.11. The van der Waals surface area contributed by atoms with Crippen LogP contribution < -0.4 is 0 Å². The summed E-state index contributed by atoms with van der Waals surface area (Å²) in [5.74, 6) is 0. The van der Waals surface area contributed by atoms with Crippen LogP contribution in [0.1, 0.15) is 17.0 Å². The molecule has 6 heteroatoms. The fourth-order valence-corrected chi connectivity index (χ4v) is 2.50. The summed E-state index contributed by atoms with van der Waals surface area (Å²) in [6, 6.07) is 0. The Balaban J connectivity index is 2.34. The molecule has 0 spiro atoms. The van der Waals surface area contributed by atoms with Gasteiger partial charge in [-0.25, -0.2) is 19.9 Å². The van der Waals surface area contributed by atoms with Gasteiger partial charge in [-0.2, -0.15) is 0 Å². The lowest BCUT2D eigenvalue weighted by Crippen LogP contribution is -1.98. The number of aryl methyl sites for hydroxylation is 2. The van der Waals surface area contributed by atoms with Crippen molar-refractivity contribution in [3.63, 3.8) is 0 Å². The van der Waals surface area contributed by atoms with Gasteiger partial charge in [0.25, 0.3) is 0 Å². The Bertz CT molecular complexity index is 536. The van der Waals surface area contributed by atoms with Gasteiger partial charge in [-0.3, -0.25) is 0 Å². The number of nitrogens with zero attached hydrogens (tertiary/aromatic N) is 4. The second-order valence-corrected chi connectivity index (χ2v) is 5.39. The van der Waals surface area contributed by atoms with Crippen LogP contribution in [0.3, 0.4) is 0 Å². The molecule has 0 amide bonds. The third-order valence-corrected chi connectivity index (χ3v) is 4.16. The maximum Gasteiger partial charge on any atom is 0.194 e. The smallest absolute Gasteiger partial charge is 0.194 e. The number of aromatic nitrogens is 4. The summed E-state index contributed by atoms with van der Waals surface area (Å²) in [4.78, 5) is 17.0. The van der Waals surface area contributed by atoms with Gasteiger partial charge >= 0.3 is 0 Å². The Morgan fingerprint density at radius 3 is 2.35 bits per heavy atom. The van der Waals surface area contributed by atoms with E-state index in [9.17, 15) is 0 Å². The summed E-state index contributed by atoms with van der Waals surface area (Å²) in [6.07, 6.45) is 3.23. The standard InChI is InChI=1S/C11H11BrN4S/c1-6-7(2)15-11(16-8(6)3)17-10-9(12)4-13-5-14-10/h4-5H,1-3H3. The maximum absolute atomic E-state index is 4.44. The summed E-state index contributed by atoms with van der Waals surface area (Å²) in [5, 5.41) is 1.53. The first-order valence-electron chi connectivity index (χ1n) is 5.03. The molecule has 0 fully saturated rings. The van der Waals surface area contributed by atoms with E-state index in [-0.39, 0.29) is 0 Å². The molecule has 2 aromatic heterocycles. The van der Waals surface area contributed by atoms with E-state index in [0.717, 1.165) is 26.4 Å². The minimum atomic E-state index is 0.713. The predicted molar refractivity (Wildman–Crippen MR) is 70.1 cm³/mol. The minimum absolute atomic E-state index is 0.713. The van der Waals surface area contributed by atoms with Gasteiger partial charge in [0.2, 0.25) is 0 Å². The van der Waals surface area contributed by atoms with Crippen LogP contribution in [-0.2, 0) is 0 Å². The summed E-state index contributed by atoms with van der Waals surface area (Å²) >= 11 is 4.83. The van der Waals surface area contributed by atoms with Gasteiger partial charge in [-0.1, -0.05) is 0 Å². The van der Waals surface area contributed by atoms with E-state index < -0.39 is 0 Å². The van der Waals surface area contributed by atoms with Crippen molar-refractivity contribution in [3.05, 3.63) is 33.9 Å². The third-order valence-electron chi connectivity index (χ3n) is 2.43. The van der Waals surface area contributed by atoms with E-state index in [4.69, 9.17) is 0 Å². The largest absolute Gasteiger partial charge is 0.244 e. The molecule has 0 unspecified atom stereocenters. The molecule has 0 aromatic carbocycles. The molecule has 17 heavy (non-hydrogen) atoms. The molecule has 4 nitrogen and oxygen atoms in total. The molecule has 0 bridgehead atoms. The molecule has 2 aromatic rings. The molecule has 2 rings (SSSR count). The van der Waals surface area contributed by atoms with E-state index in [1.54, 1.807) is 6.20 Å². The second-order valence-electron chi connectivity index (χ2n) is 3.58.